The number of rotatable bonds is 5. The highest BCUT2D eigenvalue weighted by Gasteiger charge is 2.30. The van der Waals surface area contributed by atoms with Crippen LogP contribution in [0.15, 0.2) is 18.2 Å². The summed E-state index contributed by atoms with van der Waals surface area (Å²) in [6.45, 7) is 5.29. The third kappa shape index (κ3) is 3.62. The molecule has 6 nitrogen and oxygen atoms in total. The molecule has 120 valence electrons. The lowest BCUT2D eigenvalue weighted by Crippen LogP contribution is -2.45. The monoisotopic (exact) mass is 306 g/mol. The molecular formula is C16H22N2O4. The molecule has 22 heavy (non-hydrogen) atoms. The summed E-state index contributed by atoms with van der Waals surface area (Å²) in [7, 11) is 0. The van der Waals surface area contributed by atoms with Crippen LogP contribution in [0.2, 0.25) is 0 Å². The van der Waals surface area contributed by atoms with Crippen LogP contribution < -0.4 is 0 Å². The zero-order valence-corrected chi connectivity index (χ0v) is 13.1. The van der Waals surface area contributed by atoms with Crippen LogP contribution in [0.1, 0.15) is 37.3 Å². The highest BCUT2D eigenvalue weighted by molar-refractivity contribution is 5.75. The standard InChI is InChI=1S/C16H22N2O4/c1-3-22-16(19)15-8-4-5-10-17(15)11-13-7-6-9-14(12(13)2)18(20)21/h6-7,9,15H,3-5,8,10-11H2,1-2H3. The minimum atomic E-state index is -0.363. The molecule has 1 heterocycles. The molecule has 1 aromatic carbocycles. The van der Waals surface area contributed by atoms with Crippen molar-refractivity contribution in [2.75, 3.05) is 13.2 Å². The van der Waals surface area contributed by atoms with E-state index >= 15 is 0 Å². The zero-order chi connectivity index (χ0) is 16.1. The van der Waals surface area contributed by atoms with Crippen LogP contribution in [0, 0.1) is 17.0 Å². The fraction of sp³-hybridized carbons (Fsp3) is 0.562. The van der Waals surface area contributed by atoms with Gasteiger partial charge in [0, 0.05) is 18.2 Å². The summed E-state index contributed by atoms with van der Waals surface area (Å²) in [6, 6.07) is 4.85. The maximum atomic E-state index is 12.1. The van der Waals surface area contributed by atoms with Gasteiger partial charge in [-0.2, -0.15) is 0 Å². The summed E-state index contributed by atoms with van der Waals surface area (Å²) >= 11 is 0. The average molecular weight is 306 g/mol. The van der Waals surface area contributed by atoms with Gasteiger partial charge in [0.15, 0.2) is 0 Å². The number of hydrogen-bond acceptors (Lipinski definition) is 5. The Bertz CT molecular complexity index is 559. The van der Waals surface area contributed by atoms with Gasteiger partial charge in [-0.1, -0.05) is 18.6 Å². The van der Waals surface area contributed by atoms with Crippen molar-refractivity contribution in [2.24, 2.45) is 0 Å². The number of carbonyl (C=O) groups excluding carboxylic acids is 1. The number of piperidine rings is 1. The Labute approximate surface area is 130 Å². The van der Waals surface area contributed by atoms with Crippen LogP contribution in [0.4, 0.5) is 5.69 Å². The molecule has 1 atom stereocenters. The SMILES string of the molecule is CCOC(=O)C1CCCCN1Cc1cccc([N+](=O)[O-])c1C. The van der Waals surface area contributed by atoms with Crippen molar-refractivity contribution >= 4 is 11.7 Å². The maximum Gasteiger partial charge on any atom is 0.323 e. The van der Waals surface area contributed by atoms with Gasteiger partial charge < -0.3 is 4.74 Å². The molecular weight excluding hydrogens is 284 g/mol. The van der Waals surface area contributed by atoms with Crippen LogP contribution in [-0.2, 0) is 16.1 Å². The number of benzene rings is 1. The number of ether oxygens (including phenoxy) is 1. The van der Waals surface area contributed by atoms with E-state index < -0.39 is 0 Å². The highest BCUT2D eigenvalue weighted by Crippen LogP contribution is 2.26. The zero-order valence-electron chi connectivity index (χ0n) is 13.1. The Balaban J connectivity index is 2.19. The molecule has 0 radical (unpaired) electrons. The van der Waals surface area contributed by atoms with E-state index in [0.717, 1.165) is 31.4 Å². The van der Waals surface area contributed by atoms with E-state index in [-0.39, 0.29) is 22.6 Å². The van der Waals surface area contributed by atoms with Gasteiger partial charge in [-0.15, -0.1) is 0 Å². The first-order valence-electron chi connectivity index (χ1n) is 7.68. The van der Waals surface area contributed by atoms with Crippen molar-refractivity contribution in [3.8, 4) is 0 Å². The predicted molar refractivity (Wildman–Crippen MR) is 82.5 cm³/mol. The minimum Gasteiger partial charge on any atom is -0.465 e. The first-order chi connectivity index (χ1) is 10.5. The van der Waals surface area contributed by atoms with Gasteiger partial charge in [0.2, 0.25) is 0 Å². The smallest absolute Gasteiger partial charge is 0.323 e. The van der Waals surface area contributed by atoms with Crippen molar-refractivity contribution in [2.45, 2.75) is 45.7 Å². The van der Waals surface area contributed by atoms with E-state index in [4.69, 9.17) is 4.74 Å². The molecule has 0 aromatic heterocycles. The van der Waals surface area contributed by atoms with E-state index in [0.29, 0.717) is 18.7 Å². The highest BCUT2D eigenvalue weighted by atomic mass is 16.6. The topological polar surface area (TPSA) is 72.7 Å². The maximum absolute atomic E-state index is 12.1. The second-order valence-corrected chi connectivity index (χ2v) is 5.55. The number of hydrogen-bond donors (Lipinski definition) is 0. The number of carbonyl (C=O) groups is 1. The second-order valence-electron chi connectivity index (χ2n) is 5.55. The third-order valence-electron chi connectivity index (χ3n) is 4.16. The lowest BCUT2D eigenvalue weighted by Gasteiger charge is -2.34. The molecule has 1 aliphatic rings. The van der Waals surface area contributed by atoms with Crippen LogP contribution >= 0.6 is 0 Å². The normalized spacial score (nSPS) is 18.9. The summed E-state index contributed by atoms with van der Waals surface area (Å²) in [4.78, 5) is 24.8. The molecule has 0 spiro atoms. The average Bonchev–Trinajstić information content (AvgIpc) is 2.50. The number of esters is 1. The van der Waals surface area contributed by atoms with Crippen LogP contribution in [0.5, 0.6) is 0 Å². The summed E-state index contributed by atoms with van der Waals surface area (Å²) in [5.41, 5.74) is 1.69. The summed E-state index contributed by atoms with van der Waals surface area (Å²) in [6.07, 6.45) is 2.82. The van der Waals surface area contributed by atoms with E-state index in [2.05, 4.69) is 4.90 Å². The van der Waals surface area contributed by atoms with Crippen molar-refractivity contribution in [3.05, 3.63) is 39.4 Å². The Morgan fingerprint density at radius 3 is 2.91 bits per heavy atom. The van der Waals surface area contributed by atoms with Crippen molar-refractivity contribution in [3.63, 3.8) is 0 Å². The Morgan fingerprint density at radius 1 is 1.45 bits per heavy atom. The number of nitro groups is 1. The molecule has 0 saturated carbocycles. The van der Waals surface area contributed by atoms with Gasteiger partial charge in [-0.3, -0.25) is 19.8 Å². The molecule has 6 heteroatoms. The first kappa shape index (κ1) is 16.4. The molecule has 0 amide bonds. The molecule has 1 saturated heterocycles. The van der Waals surface area contributed by atoms with Gasteiger partial charge >= 0.3 is 5.97 Å². The van der Waals surface area contributed by atoms with Crippen molar-refractivity contribution < 1.29 is 14.5 Å². The summed E-state index contributed by atoms with van der Waals surface area (Å²) < 4.78 is 5.15. The van der Waals surface area contributed by atoms with Crippen molar-refractivity contribution in [1.82, 2.24) is 4.90 Å². The fourth-order valence-corrected chi connectivity index (χ4v) is 2.94. The van der Waals surface area contributed by atoms with Gasteiger partial charge in [-0.25, -0.2) is 0 Å². The van der Waals surface area contributed by atoms with Gasteiger partial charge in [-0.05, 0) is 38.8 Å². The lowest BCUT2D eigenvalue weighted by molar-refractivity contribution is -0.385. The molecule has 1 aromatic rings. The van der Waals surface area contributed by atoms with Crippen LogP contribution in [0.3, 0.4) is 0 Å². The lowest BCUT2D eigenvalue weighted by atomic mass is 9.99. The molecule has 0 bridgehead atoms. The van der Waals surface area contributed by atoms with E-state index in [1.807, 2.05) is 6.07 Å². The number of likely N-dealkylation sites (tertiary alicyclic amines) is 1. The summed E-state index contributed by atoms with van der Waals surface area (Å²) in [5, 5.41) is 11.0. The predicted octanol–water partition coefficient (Wildman–Crippen LogP) is 2.82. The Hall–Kier alpha value is -1.95. The summed E-state index contributed by atoms with van der Waals surface area (Å²) in [5.74, 6) is -0.190. The molecule has 1 fully saturated rings. The Kier molecular flexibility index (Phi) is 5.49. The molecule has 1 aliphatic heterocycles. The van der Waals surface area contributed by atoms with Crippen molar-refractivity contribution in [1.29, 1.82) is 0 Å². The third-order valence-corrected chi connectivity index (χ3v) is 4.16. The molecule has 0 aliphatic carbocycles. The second kappa shape index (κ2) is 7.35. The molecule has 2 rings (SSSR count). The first-order valence-corrected chi connectivity index (χ1v) is 7.68. The molecule has 1 unspecified atom stereocenters. The van der Waals surface area contributed by atoms with Crippen LogP contribution in [0.25, 0.3) is 0 Å². The van der Waals surface area contributed by atoms with Gasteiger partial charge in [0.1, 0.15) is 6.04 Å². The fourth-order valence-electron chi connectivity index (χ4n) is 2.94. The van der Waals surface area contributed by atoms with Crippen LogP contribution in [-0.4, -0.2) is 35.0 Å². The largest absolute Gasteiger partial charge is 0.465 e. The van der Waals surface area contributed by atoms with E-state index in [1.165, 1.54) is 6.07 Å². The molecule has 0 N–H and O–H groups in total. The quantitative estimate of drug-likeness (QED) is 0.475. The van der Waals surface area contributed by atoms with Gasteiger partial charge in [0.05, 0.1) is 11.5 Å². The number of nitro benzene ring substituents is 1. The Morgan fingerprint density at radius 2 is 2.23 bits per heavy atom. The minimum absolute atomic E-state index is 0.127. The van der Waals surface area contributed by atoms with Gasteiger partial charge in [0.25, 0.3) is 5.69 Å². The van der Waals surface area contributed by atoms with E-state index in [9.17, 15) is 14.9 Å². The number of nitrogens with zero attached hydrogens (tertiary/aromatic N) is 2. The van der Waals surface area contributed by atoms with E-state index in [1.54, 1.807) is 19.9 Å².